The third-order valence-electron chi connectivity index (χ3n) is 8.28. The van der Waals surface area contributed by atoms with Crippen LogP contribution in [0.2, 0.25) is 0 Å². The van der Waals surface area contributed by atoms with Gasteiger partial charge in [-0.05, 0) is 38.5 Å². The first-order valence-corrected chi connectivity index (χ1v) is 20.5. The molecule has 0 heterocycles. The van der Waals surface area contributed by atoms with Gasteiger partial charge in [0.15, 0.2) is 6.10 Å². The van der Waals surface area contributed by atoms with Crippen molar-refractivity contribution in [1.29, 1.82) is 0 Å². The molecule has 0 spiro atoms. The van der Waals surface area contributed by atoms with Crippen molar-refractivity contribution in [2.45, 2.75) is 200 Å². The predicted molar refractivity (Wildman–Crippen MR) is 189 cm³/mol. The molecule has 0 aromatic heterocycles. The molecule has 1 atom stereocenters. The van der Waals surface area contributed by atoms with Crippen molar-refractivity contribution in [3.63, 3.8) is 0 Å². The summed E-state index contributed by atoms with van der Waals surface area (Å²) in [5.74, 6) is -0.887. The van der Waals surface area contributed by atoms with Crippen LogP contribution in [0, 0.1) is 0 Å². The smallest absolute Gasteiger partial charge is 0.462 e. The predicted octanol–water partition coefficient (Wildman–Crippen LogP) is 11.1. The summed E-state index contributed by atoms with van der Waals surface area (Å²) in [5, 5.41) is 0. The van der Waals surface area contributed by atoms with Gasteiger partial charge in [-0.25, -0.2) is 4.57 Å². The lowest BCUT2D eigenvalue weighted by Crippen LogP contribution is -2.29. The summed E-state index contributed by atoms with van der Waals surface area (Å²) in [6, 6.07) is 0. The van der Waals surface area contributed by atoms with E-state index in [1.165, 1.54) is 103 Å². The van der Waals surface area contributed by atoms with Crippen LogP contribution in [0.4, 0.5) is 0 Å². The van der Waals surface area contributed by atoms with Crippen LogP contribution in [-0.4, -0.2) is 41.0 Å². The van der Waals surface area contributed by atoms with Crippen LogP contribution in [0.3, 0.4) is 0 Å². The Bertz CT molecular complexity index is 766. The Hall–Kier alpha value is -1.21. The van der Waals surface area contributed by atoms with E-state index >= 15 is 0 Å². The SMILES string of the molecule is CCCCC/C=C\CCCCCCCC(=O)OC[C@H](COP(=O)(O)O)OC(=O)CCCCCCCCCCCCCCCCCC. The van der Waals surface area contributed by atoms with E-state index < -0.39 is 32.5 Å². The highest BCUT2D eigenvalue weighted by molar-refractivity contribution is 7.46. The molecule has 0 aromatic rings. The normalized spacial score (nSPS) is 12.5. The molecular formula is C37H71O8P. The molecule has 0 fully saturated rings. The van der Waals surface area contributed by atoms with Gasteiger partial charge in [0.2, 0.25) is 0 Å². The van der Waals surface area contributed by atoms with Gasteiger partial charge >= 0.3 is 19.8 Å². The third-order valence-corrected chi connectivity index (χ3v) is 8.77. The number of rotatable bonds is 35. The topological polar surface area (TPSA) is 119 Å². The minimum absolute atomic E-state index is 0.216. The van der Waals surface area contributed by atoms with Gasteiger partial charge in [0, 0.05) is 12.8 Å². The number of hydrogen-bond donors (Lipinski definition) is 2. The maximum absolute atomic E-state index is 12.4. The number of carbonyl (C=O) groups is 2. The van der Waals surface area contributed by atoms with Gasteiger partial charge in [-0.2, -0.15) is 0 Å². The van der Waals surface area contributed by atoms with Crippen molar-refractivity contribution >= 4 is 19.8 Å². The van der Waals surface area contributed by atoms with E-state index in [2.05, 4.69) is 30.5 Å². The monoisotopic (exact) mass is 674 g/mol. The summed E-state index contributed by atoms with van der Waals surface area (Å²) < 4.78 is 26.3. The van der Waals surface area contributed by atoms with Crippen LogP contribution in [0.25, 0.3) is 0 Å². The fraction of sp³-hybridized carbons (Fsp3) is 0.892. The molecule has 46 heavy (non-hydrogen) atoms. The molecule has 2 N–H and O–H groups in total. The molecular weight excluding hydrogens is 603 g/mol. The molecule has 0 saturated heterocycles. The number of hydrogen-bond acceptors (Lipinski definition) is 6. The maximum Gasteiger partial charge on any atom is 0.469 e. The second-order valence-electron chi connectivity index (χ2n) is 12.9. The van der Waals surface area contributed by atoms with E-state index in [-0.39, 0.29) is 19.4 Å². The maximum atomic E-state index is 12.4. The Balaban J connectivity index is 3.93. The molecule has 0 rings (SSSR count). The van der Waals surface area contributed by atoms with E-state index in [1.807, 2.05) is 0 Å². The third kappa shape index (κ3) is 35.6. The molecule has 0 aliphatic carbocycles. The molecule has 0 aliphatic heterocycles. The summed E-state index contributed by atoms with van der Waals surface area (Å²) in [7, 11) is -4.74. The van der Waals surface area contributed by atoms with Crippen molar-refractivity contribution < 1.29 is 37.9 Å². The number of ether oxygens (including phenoxy) is 2. The highest BCUT2D eigenvalue weighted by atomic mass is 31.2. The first-order valence-electron chi connectivity index (χ1n) is 19.0. The Morgan fingerprint density at radius 1 is 0.543 bits per heavy atom. The quantitative estimate of drug-likeness (QED) is 0.0295. The zero-order valence-electron chi connectivity index (χ0n) is 29.7. The molecule has 0 saturated carbocycles. The van der Waals surface area contributed by atoms with Gasteiger partial charge in [-0.1, -0.05) is 154 Å². The fourth-order valence-electron chi connectivity index (χ4n) is 5.43. The first kappa shape index (κ1) is 44.8. The average molecular weight is 675 g/mol. The lowest BCUT2D eigenvalue weighted by Gasteiger charge is -2.18. The first-order chi connectivity index (χ1) is 22.3. The number of unbranched alkanes of at least 4 members (excludes halogenated alkanes) is 23. The van der Waals surface area contributed by atoms with E-state index in [4.69, 9.17) is 19.3 Å². The zero-order valence-corrected chi connectivity index (χ0v) is 30.6. The number of phosphoric ester groups is 1. The van der Waals surface area contributed by atoms with Gasteiger partial charge < -0.3 is 19.3 Å². The van der Waals surface area contributed by atoms with Crippen LogP contribution in [-0.2, 0) is 28.2 Å². The number of phosphoric acid groups is 1. The van der Waals surface area contributed by atoms with Crippen molar-refractivity contribution in [3.8, 4) is 0 Å². The van der Waals surface area contributed by atoms with E-state index in [0.29, 0.717) is 12.8 Å². The van der Waals surface area contributed by atoms with Crippen LogP contribution in [0.5, 0.6) is 0 Å². The summed E-state index contributed by atoms with van der Waals surface area (Å²) in [6.07, 6.45) is 35.0. The summed E-state index contributed by atoms with van der Waals surface area (Å²) in [6.45, 7) is 3.66. The standard InChI is InChI=1S/C37H71O8P/c1-3-5-7-9-11-13-15-17-18-19-20-22-24-26-28-30-32-37(39)45-35(34-44-46(40,41)42)33-43-36(38)31-29-27-25-23-21-16-14-12-10-8-6-4-2/h12,14,35H,3-11,13,15-34H2,1-2H3,(H2,40,41,42)/b14-12-/t35-/m1/s1. The molecule has 8 nitrogen and oxygen atoms in total. The van der Waals surface area contributed by atoms with E-state index in [1.54, 1.807) is 0 Å². The van der Waals surface area contributed by atoms with Gasteiger partial charge in [0.05, 0.1) is 6.61 Å². The summed E-state index contributed by atoms with van der Waals surface area (Å²) >= 11 is 0. The van der Waals surface area contributed by atoms with Crippen molar-refractivity contribution in [3.05, 3.63) is 12.2 Å². The molecule has 0 radical (unpaired) electrons. The Kier molecular flexibility index (Phi) is 32.8. The zero-order chi connectivity index (χ0) is 34.0. The van der Waals surface area contributed by atoms with Crippen molar-refractivity contribution in [1.82, 2.24) is 0 Å². The van der Waals surface area contributed by atoms with E-state index in [0.717, 1.165) is 51.4 Å². The lowest BCUT2D eigenvalue weighted by molar-refractivity contribution is -0.161. The Morgan fingerprint density at radius 3 is 1.37 bits per heavy atom. The number of allylic oxidation sites excluding steroid dienone is 2. The number of carbonyl (C=O) groups excluding carboxylic acids is 2. The average Bonchev–Trinajstić information content (AvgIpc) is 3.02. The van der Waals surface area contributed by atoms with Crippen LogP contribution in [0.1, 0.15) is 194 Å². The van der Waals surface area contributed by atoms with Crippen LogP contribution < -0.4 is 0 Å². The lowest BCUT2D eigenvalue weighted by atomic mass is 10.0. The molecule has 9 heteroatoms. The Morgan fingerprint density at radius 2 is 0.913 bits per heavy atom. The van der Waals surface area contributed by atoms with Crippen molar-refractivity contribution in [2.75, 3.05) is 13.2 Å². The molecule has 272 valence electrons. The van der Waals surface area contributed by atoms with Gasteiger partial charge in [-0.15, -0.1) is 0 Å². The second kappa shape index (κ2) is 33.7. The van der Waals surface area contributed by atoms with Crippen molar-refractivity contribution in [2.24, 2.45) is 0 Å². The molecule has 0 bridgehead atoms. The molecule has 0 amide bonds. The minimum atomic E-state index is -4.74. The molecule has 0 unspecified atom stereocenters. The van der Waals surface area contributed by atoms with Crippen LogP contribution >= 0.6 is 7.82 Å². The highest BCUT2D eigenvalue weighted by Gasteiger charge is 2.22. The summed E-state index contributed by atoms with van der Waals surface area (Å²) in [5.41, 5.74) is 0. The molecule has 0 aromatic carbocycles. The highest BCUT2D eigenvalue weighted by Crippen LogP contribution is 2.36. The number of esters is 2. The minimum Gasteiger partial charge on any atom is -0.462 e. The van der Waals surface area contributed by atoms with Gasteiger partial charge in [-0.3, -0.25) is 14.1 Å². The second-order valence-corrected chi connectivity index (χ2v) is 14.1. The van der Waals surface area contributed by atoms with Gasteiger partial charge in [0.1, 0.15) is 6.61 Å². The van der Waals surface area contributed by atoms with E-state index in [9.17, 15) is 14.2 Å². The summed E-state index contributed by atoms with van der Waals surface area (Å²) in [4.78, 5) is 42.6. The Labute approximate surface area is 282 Å². The van der Waals surface area contributed by atoms with Gasteiger partial charge in [0.25, 0.3) is 0 Å². The molecule has 0 aliphatic rings. The fourth-order valence-corrected chi connectivity index (χ4v) is 5.79. The largest absolute Gasteiger partial charge is 0.469 e. The van der Waals surface area contributed by atoms with Crippen LogP contribution in [0.15, 0.2) is 12.2 Å².